The van der Waals surface area contributed by atoms with Crippen LogP contribution in [0, 0.1) is 0 Å². The van der Waals surface area contributed by atoms with Gasteiger partial charge in [0.15, 0.2) is 0 Å². The first kappa shape index (κ1) is 22.9. The van der Waals surface area contributed by atoms with E-state index in [-0.39, 0.29) is 11.5 Å². The Morgan fingerprint density at radius 3 is 2.48 bits per heavy atom. The largest absolute Gasteiger partial charge is 0.488 e. The summed E-state index contributed by atoms with van der Waals surface area (Å²) in [5.74, 6) is -0.636. The second-order valence-electron chi connectivity index (χ2n) is 7.77. The minimum atomic E-state index is -0.702. The molecule has 162 valence electrons. The van der Waals surface area contributed by atoms with Crippen molar-refractivity contribution in [2.75, 3.05) is 6.54 Å². The zero-order valence-electron chi connectivity index (χ0n) is 17.4. The molecular formula is C23H22ClNO5S. The van der Waals surface area contributed by atoms with Crippen LogP contribution < -0.4 is 4.74 Å². The van der Waals surface area contributed by atoms with Crippen molar-refractivity contribution in [1.82, 2.24) is 4.90 Å². The average molecular weight is 460 g/mol. The number of para-hydroxylation sites is 1. The SMILES string of the molecule is CC(C)(C)OC(=O)CN1C(=O)SC(=Cc2ccccc2OCc2ccccc2Cl)C1=O. The summed E-state index contributed by atoms with van der Waals surface area (Å²) in [6.07, 6.45) is 1.59. The number of rotatable bonds is 6. The first-order chi connectivity index (χ1) is 14.6. The van der Waals surface area contributed by atoms with E-state index < -0.39 is 29.3 Å². The van der Waals surface area contributed by atoms with Crippen LogP contribution in [0.2, 0.25) is 5.02 Å². The van der Waals surface area contributed by atoms with E-state index in [0.29, 0.717) is 16.3 Å². The number of esters is 1. The van der Waals surface area contributed by atoms with Crippen molar-refractivity contribution in [2.45, 2.75) is 33.0 Å². The molecule has 3 rings (SSSR count). The van der Waals surface area contributed by atoms with E-state index >= 15 is 0 Å². The van der Waals surface area contributed by atoms with Gasteiger partial charge in [0.2, 0.25) is 0 Å². The fraction of sp³-hybridized carbons (Fsp3) is 0.261. The minimum Gasteiger partial charge on any atom is -0.488 e. The average Bonchev–Trinajstić information content (AvgIpc) is 2.94. The monoisotopic (exact) mass is 459 g/mol. The topological polar surface area (TPSA) is 72.9 Å². The first-order valence-corrected chi connectivity index (χ1v) is 10.8. The lowest BCUT2D eigenvalue weighted by Crippen LogP contribution is -2.37. The van der Waals surface area contributed by atoms with Gasteiger partial charge in [-0.05, 0) is 50.7 Å². The summed E-state index contributed by atoms with van der Waals surface area (Å²) in [5.41, 5.74) is 0.765. The van der Waals surface area contributed by atoms with Crippen LogP contribution in [0.5, 0.6) is 5.75 Å². The van der Waals surface area contributed by atoms with Crippen molar-refractivity contribution in [3.63, 3.8) is 0 Å². The highest BCUT2D eigenvalue weighted by Gasteiger charge is 2.37. The second kappa shape index (κ2) is 9.58. The van der Waals surface area contributed by atoms with Crippen LogP contribution in [0.4, 0.5) is 4.79 Å². The van der Waals surface area contributed by atoms with E-state index in [2.05, 4.69) is 0 Å². The maximum atomic E-state index is 12.7. The predicted octanol–water partition coefficient (Wildman–Crippen LogP) is 5.30. The molecule has 1 aliphatic rings. The van der Waals surface area contributed by atoms with Crippen molar-refractivity contribution in [3.05, 3.63) is 69.6 Å². The van der Waals surface area contributed by atoms with Crippen LogP contribution in [0.3, 0.4) is 0 Å². The van der Waals surface area contributed by atoms with Gasteiger partial charge >= 0.3 is 5.97 Å². The molecule has 2 amide bonds. The number of hydrogen-bond acceptors (Lipinski definition) is 6. The maximum Gasteiger partial charge on any atom is 0.326 e. The molecule has 1 fully saturated rings. The third-order valence-corrected chi connectivity index (χ3v) is 5.40. The van der Waals surface area contributed by atoms with Gasteiger partial charge in [-0.25, -0.2) is 0 Å². The third kappa shape index (κ3) is 6.12. The molecule has 1 aliphatic heterocycles. The number of carbonyl (C=O) groups excluding carboxylic acids is 3. The van der Waals surface area contributed by atoms with Gasteiger partial charge in [-0.3, -0.25) is 19.3 Å². The molecular weight excluding hydrogens is 438 g/mol. The molecule has 0 unspecified atom stereocenters. The number of imide groups is 1. The maximum absolute atomic E-state index is 12.7. The van der Waals surface area contributed by atoms with Crippen molar-refractivity contribution >= 4 is 46.6 Å². The number of hydrogen-bond donors (Lipinski definition) is 0. The molecule has 8 heteroatoms. The lowest BCUT2D eigenvalue weighted by Gasteiger charge is -2.21. The number of benzene rings is 2. The molecule has 0 N–H and O–H groups in total. The second-order valence-corrected chi connectivity index (χ2v) is 9.17. The minimum absolute atomic E-state index is 0.211. The van der Waals surface area contributed by atoms with Gasteiger partial charge in [0, 0.05) is 16.1 Å². The van der Waals surface area contributed by atoms with Crippen LogP contribution in [0.1, 0.15) is 31.9 Å². The van der Waals surface area contributed by atoms with Gasteiger partial charge in [0.05, 0.1) is 4.91 Å². The van der Waals surface area contributed by atoms with Gasteiger partial charge in [-0.15, -0.1) is 0 Å². The Bertz CT molecular complexity index is 1040. The fourth-order valence-electron chi connectivity index (χ4n) is 2.78. The number of carbonyl (C=O) groups is 3. The van der Waals surface area contributed by atoms with E-state index in [1.807, 2.05) is 24.3 Å². The molecule has 2 aromatic rings. The highest BCUT2D eigenvalue weighted by Crippen LogP contribution is 2.34. The van der Waals surface area contributed by atoms with E-state index in [4.69, 9.17) is 21.1 Å². The fourth-order valence-corrected chi connectivity index (χ4v) is 3.80. The molecule has 6 nitrogen and oxygen atoms in total. The van der Waals surface area contributed by atoms with Crippen molar-refractivity contribution in [1.29, 1.82) is 0 Å². The predicted molar refractivity (Wildman–Crippen MR) is 121 cm³/mol. The van der Waals surface area contributed by atoms with Crippen LogP contribution in [-0.2, 0) is 20.9 Å². The Balaban J connectivity index is 1.75. The van der Waals surface area contributed by atoms with Crippen molar-refractivity contribution in [3.8, 4) is 5.75 Å². The summed E-state index contributed by atoms with van der Waals surface area (Å²) >= 11 is 6.96. The van der Waals surface area contributed by atoms with E-state index in [0.717, 1.165) is 22.2 Å². The molecule has 1 heterocycles. The van der Waals surface area contributed by atoms with Gasteiger partial charge in [0.25, 0.3) is 11.1 Å². The molecule has 31 heavy (non-hydrogen) atoms. The zero-order chi connectivity index (χ0) is 22.6. The summed E-state index contributed by atoms with van der Waals surface area (Å²) in [5, 5.41) is 0.0832. The van der Waals surface area contributed by atoms with Gasteiger partial charge in [-0.1, -0.05) is 48.0 Å². The Hall–Kier alpha value is -2.77. The highest BCUT2D eigenvalue weighted by atomic mass is 35.5. The molecule has 2 aromatic carbocycles. The van der Waals surface area contributed by atoms with Crippen LogP contribution >= 0.6 is 23.4 Å². The van der Waals surface area contributed by atoms with E-state index in [9.17, 15) is 14.4 Å². The van der Waals surface area contributed by atoms with Gasteiger partial charge in [0.1, 0.15) is 24.5 Å². The normalized spacial score (nSPS) is 15.5. The summed E-state index contributed by atoms with van der Waals surface area (Å²) in [7, 11) is 0. The Morgan fingerprint density at radius 1 is 1.10 bits per heavy atom. The van der Waals surface area contributed by atoms with Gasteiger partial charge < -0.3 is 9.47 Å². The quantitative estimate of drug-likeness (QED) is 0.431. The lowest BCUT2D eigenvalue weighted by molar-refractivity contribution is -0.156. The summed E-state index contributed by atoms with van der Waals surface area (Å²) in [6, 6.07) is 14.5. The van der Waals surface area contributed by atoms with Crippen molar-refractivity contribution < 1.29 is 23.9 Å². The third-order valence-electron chi connectivity index (χ3n) is 4.13. The molecule has 0 radical (unpaired) electrons. The zero-order valence-corrected chi connectivity index (χ0v) is 19.0. The summed E-state index contributed by atoms with van der Waals surface area (Å²) in [4.78, 5) is 38.1. The number of ether oxygens (including phenoxy) is 2. The smallest absolute Gasteiger partial charge is 0.326 e. The molecule has 0 aromatic heterocycles. The standard InChI is InChI=1S/C23H22ClNO5S/c1-23(2,3)30-20(26)13-25-21(27)19(31-22(25)28)12-15-8-5-7-11-18(15)29-14-16-9-4-6-10-17(16)24/h4-12H,13-14H2,1-3H3. The number of halogens is 1. The lowest BCUT2D eigenvalue weighted by atomic mass is 10.1. The van der Waals surface area contributed by atoms with E-state index in [1.165, 1.54) is 0 Å². The Labute approximate surface area is 190 Å². The molecule has 1 saturated heterocycles. The van der Waals surface area contributed by atoms with Crippen LogP contribution in [-0.4, -0.2) is 34.2 Å². The first-order valence-electron chi connectivity index (χ1n) is 9.56. The molecule has 0 saturated carbocycles. The van der Waals surface area contributed by atoms with Crippen LogP contribution in [0.25, 0.3) is 6.08 Å². The molecule has 0 atom stereocenters. The molecule has 0 aliphatic carbocycles. The number of nitrogens with zero attached hydrogens (tertiary/aromatic N) is 1. The Kier molecular flexibility index (Phi) is 7.08. The highest BCUT2D eigenvalue weighted by molar-refractivity contribution is 8.18. The molecule has 0 bridgehead atoms. The summed E-state index contributed by atoms with van der Waals surface area (Å²) < 4.78 is 11.1. The summed E-state index contributed by atoms with van der Waals surface area (Å²) in [6.45, 7) is 4.99. The van der Waals surface area contributed by atoms with Gasteiger partial charge in [-0.2, -0.15) is 0 Å². The van der Waals surface area contributed by atoms with E-state index in [1.54, 1.807) is 51.1 Å². The number of amides is 2. The Morgan fingerprint density at radius 2 is 1.77 bits per heavy atom. The van der Waals surface area contributed by atoms with Crippen LogP contribution in [0.15, 0.2) is 53.4 Å². The van der Waals surface area contributed by atoms with Crippen molar-refractivity contribution in [2.24, 2.45) is 0 Å². The number of thioether (sulfide) groups is 1. The molecule has 0 spiro atoms.